The fourth-order valence-electron chi connectivity index (χ4n) is 5.05. The molecule has 242 valence electrons. The number of nitrogens with one attached hydrogen (secondary N) is 2. The number of aliphatic hydroxyl groups excluding tert-OH is 1. The molecular weight excluding hydrogens is 608 g/mol. The molecule has 2 amide bonds. The lowest BCUT2D eigenvalue weighted by Crippen LogP contribution is -2.31. The summed E-state index contributed by atoms with van der Waals surface area (Å²) in [5, 5.41) is 37.6. The van der Waals surface area contributed by atoms with Crippen molar-refractivity contribution in [3.63, 3.8) is 0 Å². The third-order valence-corrected chi connectivity index (χ3v) is 8.50. The van der Waals surface area contributed by atoms with E-state index in [0.29, 0.717) is 36.0 Å². The number of amides is 2. The Kier molecular flexibility index (Phi) is 11.7. The molecule has 0 saturated carbocycles. The van der Waals surface area contributed by atoms with Gasteiger partial charge in [0.25, 0.3) is 0 Å². The number of carbonyl (C=O) groups is 2. The monoisotopic (exact) mass is 646 g/mol. The summed E-state index contributed by atoms with van der Waals surface area (Å²) >= 11 is 1.46. The third kappa shape index (κ3) is 9.36. The molecular formula is C33H38N6O6S. The van der Waals surface area contributed by atoms with E-state index in [1.165, 1.54) is 18.7 Å². The van der Waals surface area contributed by atoms with Crippen molar-refractivity contribution in [2.75, 3.05) is 17.6 Å². The highest BCUT2D eigenvalue weighted by Gasteiger charge is 2.33. The number of tetrazole rings is 1. The smallest absolute Gasteiger partial charge is 0.224 e. The van der Waals surface area contributed by atoms with E-state index in [1.54, 1.807) is 28.9 Å². The summed E-state index contributed by atoms with van der Waals surface area (Å²) in [6.07, 6.45) is 2.17. The van der Waals surface area contributed by atoms with Gasteiger partial charge < -0.3 is 30.3 Å². The quantitative estimate of drug-likeness (QED) is 0.110. The highest BCUT2D eigenvalue weighted by atomic mass is 32.2. The van der Waals surface area contributed by atoms with E-state index in [2.05, 4.69) is 26.2 Å². The second kappa shape index (κ2) is 16.3. The van der Waals surface area contributed by atoms with E-state index in [4.69, 9.17) is 9.47 Å². The number of rotatable bonds is 14. The first-order valence-electron chi connectivity index (χ1n) is 15.2. The van der Waals surface area contributed by atoms with Crippen LogP contribution in [0.2, 0.25) is 0 Å². The van der Waals surface area contributed by atoms with Crippen LogP contribution in [0.1, 0.15) is 68.1 Å². The van der Waals surface area contributed by atoms with Crippen molar-refractivity contribution in [2.45, 2.75) is 69.3 Å². The predicted octanol–water partition coefficient (Wildman–Crippen LogP) is 4.83. The molecule has 12 nitrogen and oxygen atoms in total. The summed E-state index contributed by atoms with van der Waals surface area (Å²) in [4.78, 5) is 23.6. The van der Waals surface area contributed by atoms with Gasteiger partial charge in [0.2, 0.25) is 17.0 Å². The molecule has 4 aromatic rings. The molecule has 3 unspecified atom stereocenters. The van der Waals surface area contributed by atoms with Crippen LogP contribution >= 0.6 is 11.8 Å². The van der Waals surface area contributed by atoms with Crippen LogP contribution in [0.3, 0.4) is 0 Å². The Bertz CT molecular complexity index is 1580. The first-order valence-corrected chi connectivity index (χ1v) is 16.2. The maximum atomic E-state index is 12.6. The van der Waals surface area contributed by atoms with E-state index in [0.717, 1.165) is 41.6 Å². The molecule has 2 heterocycles. The molecule has 1 saturated heterocycles. The zero-order chi connectivity index (χ0) is 32.3. The number of ether oxygens (including phenoxy) is 2. The first-order chi connectivity index (χ1) is 22.4. The number of aliphatic hydroxyl groups is 1. The molecule has 46 heavy (non-hydrogen) atoms. The molecule has 1 fully saturated rings. The van der Waals surface area contributed by atoms with Gasteiger partial charge in [0, 0.05) is 43.3 Å². The lowest BCUT2D eigenvalue weighted by atomic mass is 10.0. The number of unbranched alkanes of at least 4 members (excludes halogenated alkanes) is 2. The zero-order valence-electron chi connectivity index (χ0n) is 25.5. The Morgan fingerprint density at radius 3 is 2.57 bits per heavy atom. The summed E-state index contributed by atoms with van der Waals surface area (Å²) in [6.45, 7) is 2.07. The summed E-state index contributed by atoms with van der Waals surface area (Å²) in [5.41, 5.74) is 3.94. The number of hydrogen-bond acceptors (Lipinski definition) is 10. The normalized spacial score (nSPS) is 17.8. The zero-order valence-corrected chi connectivity index (χ0v) is 26.4. The lowest BCUT2D eigenvalue weighted by Gasteiger charge is -2.36. The van der Waals surface area contributed by atoms with Crippen LogP contribution in [0.15, 0.2) is 78.0 Å². The number of aromatic hydroxyl groups is 1. The van der Waals surface area contributed by atoms with Gasteiger partial charge in [-0.15, -0.1) is 5.10 Å². The van der Waals surface area contributed by atoms with Crippen LogP contribution in [0.5, 0.6) is 5.75 Å². The molecule has 3 atom stereocenters. The average Bonchev–Trinajstić information content (AvgIpc) is 3.54. The molecule has 0 bridgehead atoms. The molecule has 1 aliphatic heterocycles. The third-order valence-electron chi connectivity index (χ3n) is 7.45. The minimum Gasteiger partial charge on any atom is -0.508 e. The number of nitrogens with zero attached hydrogens (tertiary/aromatic N) is 4. The largest absolute Gasteiger partial charge is 0.508 e. The molecule has 1 aromatic heterocycles. The molecule has 0 radical (unpaired) electrons. The van der Waals surface area contributed by atoms with Gasteiger partial charge >= 0.3 is 0 Å². The van der Waals surface area contributed by atoms with E-state index in [-0.39, 0.29) is 36.4 Å². The maximum absolute atomic E-state index is 12.6. The van der Waals surface area contributed by atoms with Crippen molar-refractivity contribution < 1.29 is 29.3 Å². The Balaban J connectivity index is 1.26. The Morgan fingerprint density at radius 2 is 1.80 bits per heavy atom. The van der Waals surface area contributed by atoms with Crippen molar-refractivity contribution in [3.8, 4) is 11.4 Å². The Morgan fingerprint density at radius 1 is 1.00 bits per heavy atom. The molecule has 0 spiro atoms. The second-order valence-corrected chi connectivity index (χ2v) is 12.0. The number of carbonyl (C=O) groups excluding carboxylic acids is 2. The average molecular weight is 647 g/mol. The Hall–Kier alpha value is -4.30. The van der Waals surface area contributed by atoms with Crippen LogP contribution in [-0.2, 0) is 25.7 Å². The van der Waals surface area contributed by atoms with Gasteiger partial charge in [-0.1, -0.05) is 54.6 Å². The van der Waals surface area contributed by atoms with Gasteiger partial charge in [0.1, 0.15) is 5.75 Å². The minimum atomic E-state index is -0.694. The van der Waals surface area contributed by atoms with Crippen LogP contribution in [0.4, 0.5) is 5.69 Å². The molecule has 4 N–H and O–H groups in total. The molecule has 1 aliphatic rings. The minimum absolute atomic E-state index is 0.0395. The maximum Gasteiger partial charge on any atom is 0.224 e. The van der Waals surface area contributed by atoms with E-state index in [9.17, 15) is 19.8 Å². The van der Waals surface area contributed by atoms with Crippen LogP contribution in [0.25, 0.3) is 5.69 Å². The van der Waals surface area contributed by atoms with Crippen molar-refractivity contribution in [1.82, 2.24) is 25.5 Å². The van der Waals surface area contributed by atoms with Crippen molar-refractivity contribution in [1.29, 1.82) is 0 Å². The number of phenolic OH excluding ortho intramolecular Hbond substituents is 1. The Labute approximate surface area is 271 Å². The van der Waals surface area contributed by atoms with Gasteiger partial charge in [-0.05, 0) is 70.8 Å². The van der Waals surface area contributed by atoms with Gasteiger partial charge in [-0.25, -0.2) is 0 Å². The summed E-state index contributed by atoms with van der Waals surface area (Å²) in [5.74, 6) is 0.572. The SMILES string of the molecule is CC(=O)NCCCCCC(=O)Nc1cccc(C2OC(CSc3nnnn3-c3ccc(O)cc3)CC(c3ccc(CO)cc3)O2)c1. The van der Waals surface area contributed by atoms with E-state index in [1.807, 2.05) is 48.5 Å². The van der Waals surface area contributed by atoms with Crippen molar-refractivity contribution in [3.05, 3.63) is 89.5 Å². The summed E-state index contributed by atoms with van der Waals surface area (Å²) in [6, 6.07) is 21.8. The summed E-state index contributed by atoms with van der Waals surface area (Å²) < 4.78 is 14.6. The number of benzene rings is 3. The van der Waals surface area contributed by atoms with Gasteiger partial charge in [-0.2, -0.15) is 4.68 Å². The fourth-order valence-corrected chi connectivity index (χ4v) is 5.96. The standard InChI is InChI=1S/C33H38N6O6S/c1-22(41)34-17-4-2-3-8-31(43)35-26-7-5-6-25(18-26)32-44-29(19-30(45-32)24-11-9-23(20-40)10-12-24)21-46-33-36-37-38-39(33)27-13-15-28(42)16-14-27/h5-7,9-16,18,29-30,32,40,42H,2-4,8,17,19-21H2,1H3,(H,34,41)(H,35,43). The van der Waals surface area contributed by atoms with Gasteiger partial charge in [0.15, 0.2) is 6.29 Å². The molecule has 5 rings (SSSR count). The van der Waals surface area contributed by atoms with Gasteiger partial charge in [0.05, 0.1) is 24.5 Å². The van der Waals surface area contributed by atoms with Crippen LogP contribution in [-0.4, -0.2) is 60.6 Å². The lowest BCUT2D eigenvalue weighted by molar-refractivity contribution is -0.245. The molecule has 3 aromatic carbocycles. The fraction of sp³-hybridized carbons (Fsp3) is 0.364. The van der Waals surface area contributed by atoms with Crippen LogP contribution in [0, 0.1) is 0 Å². The number of anilines is 1. The van der Waals surface area contributed by atoms with E-state index < -0.39 is 6.29 Å². The van der Waals surface area contributed by atoms with Crippen molar-refractivity contribution >= 4 is 29.3 Å². The van der Waals surface area contributed by atoms with Crippen LogP contribution < -0.4 is 10.6 Å². The predicted molar refractivity (Wildman–Crippen MR) is 172 cm³/mol. The van der Waals surface area contributed by atoms with Crippen molar-refractivity contribution in [2.24, 2.45) is 0 Å². The highest BCUT2D eigenvalue weighted by Crippen LogP contribution is 2.40. The topological polar surface area (TPSA) is 161 Å². The number of aromatic nitrogens is 4. The van der Waals surface area contributed by atoms with E-state index >= 15 is 0 Å². The number of phenols is 1. The molecule has 13 heteroatoms. The number of hydrogen-bond donors (Lipinski definition) is 4. The first kappa shape index (κ1) is 33.1. The molecule has 0 aliphatic carbocycles. The number of thioether (sulfide) groups is 1. The summed E-state index contributed by atoms with van der Waals surface area (Å²) in [7, 11) is 0. The highest BCUT2D eigenvalue weighted by molar-refractivity contribution is 7.99. The van der Waals surface area contributed by atoms with Gasteiger partial charge in [-0.3, -0.25) is 9.59 Å². The second-order valence-electron chi connectivity index (χ2n) is 11.0.